The van der Waals surface area contributed by atoms with E-state index in [4.69, 9.17) is 4.74 Å². The summed E-state index contributed by atoms with van der Waals surface area (Å²) in [5, 5.41) is 5.27. The number of hydrogen-bond acceptors (Lipinski definition) is 5. The van der Waals surface area contributed by atoms with E-state index < -0.39 is 17.7 Å². The molecule has 0 bridgehead atoms. The lowest BCUT2D eigenvalue weighted by Gasteiger charge is -2.31. The van der Waals surface area contributed by atoms with E-state index in [9.17, 15) is 9.59 Å². The number of nitrogens with zero attached hydrogens (tertiary/aromatic N) is 3. The molecule has 1 aliphatic heterocycles. The van der Waals surface area contributed by atoms with Crippen LogP contribution in [0.3, 0.4) is 0 Å². The average Bonchev–Trinajstić information content (AvgIpc) is 3.16. The molecule has 1 aliphatic rings. The highest BCUT2D eigenvalue weighted by molar-refractivity contribution is 5.95. The number of alkyl carbamates (subject to hydrolysis) is 1. The Hall–Kier alpha value is -2.09. The summed E-state index contributed by atoms with van der Waals surface area (Å²) < 4.78 is 7.19. The van der Waals surface area contributed by atoms with Crippen molar-refractivity contribution in [1.82, 2.24) is 19.8 Å². The van der Waals surface area contributed by atoms with Gasteiger partial charge in [0, 0.05) is 12.7 Å². The number of likely N-dealkylation sites (tertiary alicyclic amines) is 1. The van der Waals surface area contributed by atoms with Gasteiger partial charge in [0.2, 0.25) is 5.91 Å². The summed E-state index contributed by atoms with van der Waals surface area (Å²) in [5.41, 5.74) is -0.735. The molecule has 1 saturated heterocycles. The lowest BCUT2D eigenvalue weighted by molar-refractivity contribution is -0.117. The molecule has 27 heavy (non-hydrogen) atoms. The molecule has 1 aromatic heterocycles. The number of amides is 2. The lowest BCUT2D eigenvalue weighted by Crippen LogP contribution is -2.44. The highest BCUT2D eigenvalue weighted by atomic mass is 16.6. The molecule has 1 aromatic rings. The Morgan fingerprint density at radius 3 is 2.44 bits per heavy atom. The van der Waals surface area contributed by atoms with Crippen molar-refractivity contribution in [2.24, 2.45) is 0 Å². The van der Waals surface area contributed by atoms with Gasteiger partial charge in [0.25, 0.3) is 0 Å². The van der Waals surface area contributed by atoms with Gasteiger partial charge in [-0.05, 0) is 67.5 Å². The van der Waals surface area contributed by atoms with Gasteiger partial charge in [-0.1, -0.05) is 0 Å². The Bertz CT molecular complexity index is 657. The maximum atomic E-state index is 12.3. The largest absolute Gasteiger partial charge is 0.444 e. The molecule has 0 spiro atoms. The van der Waals surface area contributed by atoms with Gasteiger partial charge in [0.05, 0.1) is 11.9 Å². The first kappa shape index (κ1) is 21.2. The Balaban J connectivity index is 1.90. The molecule has 1 unspecified atom stereocenters. The van der Waals surface area contributed by atoms with Crippen molar-refractivity contribution in [3.05, 3.63) is 12.5 Å². The number of rotatable bonds is 6. The summed E-state index contributed by atoms with van der Waals surface area (Å²) in [6.45, 7) is 14.4. The fourth-order valence-electron chi connectivity index (χ4n) is 3.07. The molecule has 2 N–H and O–H groups in total. The minimum Gasteiger partial charge on any atom is -0.444 e. The molecule has 0 saturated carbocycles. The van der Waals surface area contributed by atoms with Crippen LogP contribution in [-0.4, -0.2) is 57.7 Å². The van der Waals surface area contributed by atoms with Crippen LogP contribution in [0.25, 0.3) is 0 Å². The predicted molar refractivity (Wildman–Crippen MR) is 105 cm³/mol. The van der Waals surface area contributed by atoms with Gasteiger partial charge in [0.15, 0.2) is 5.82 Å². The van der Waals surface area contributed by atoms with Crippen molar-refractivity contribution in [1.29, 1.82) is 0 Å². The maximum Gasteiger partial charge on any atom is 0.408 e. The quantitative estimate of drug-likeness (QED) is 0.793. The first-order valence-corrected chi connectivity index (χ1v) is 9.53. The summed E-state index contributed by atoms with van der Waals surface area (Å²) in [5.74, 6) is 0.121. The average molecular weight is 380 g/mol. The van der Waals surface area contributed by atoms with E-state index in [-0.39, 0.29) is 11.4 Å². The minimum absolute atomic E-state index is 0.124. The van der Waals surface area contributed by atoms with Crippen molar-refractivity contribution in [2.75, 3.05) is 25.0 Å². The van der Waals surface area contributed by atoms with Gasteiger partial charge in [-0.2, -0.15) is 0 Å². The van der Waals surface area contributed by atoms with Crippen molar-refractivity contribution >= 4 is 17.8 Å². The molecule has 8 nitrogen and oxygen atoms in total. The first-order chi connectivity index (χ1) is 12.5. The summed E-state index contributed by atoms with van der Waals surface area (Å²) in [6, 6.07) is -0.734. The number of nitrogens with one attached hydrogen (secondary N) is 2. The van der Waals surface area contributed by atoms with Crippen LogP contribution in [0.15, 0.2) is 12.5 Å². The van der Waals surface area contributed by atoms with Gasteiger partial charge < -0.3 is 24.8 Å². The molecule has 0 aliphatic carbocycles. The third-order valence-corrected chi connectivity index (χ3v) is 4.47. The number of anilines is 1. The Morgan fingerprint density at radius 1 is 1.22 bits per heavy atom. The van der Waals surface area contributed by atoms with E-state index in [1.165, 1.54) is 12.8 Å². The molecule has 2 amide bonds. The van der Waals surface area contributed by atoms with Gasteiger partial charge in [-0.3, -0.25) is 4.79 Å². The van der Waals surface area contributed by atoms with Crippen molar-refractivity contribution in [2.45, 2.75) is 71.6 Å². The summed E-state index contributed by atoms with van der Waals surface area (Å²) in [7, 11) is 0. The third-order valence-electron chi connectivity index (χ3n) is 4.47. The van der Waals surface area contributed by atoms with Crippen LogP contribution in [0.5, 0.6) is 0 Å². The van der Waals surface area contributed by atoms with Crippen LogP contribution in [0.1, 0.15) is 54.4 Å². The second-order valence-corrected chi connectivity index (χ2v) is 8.82. The van der Waals surface area contributed by atoms with Gasteiger partial charge in [0.1, 0.15) is 11.6 Å². The number of carbonyl (C=O) groups is 2. The van der Waals surface area contributed by atoms with Gasteiger partial charge >= 0.3 is 6.09 Å². The van der Waals surface area contributed by atoms with E-state index in [2.05, 4.69) is 34.4 Å². The zero-order valence-corrected chi connectivity index (χ0v) is 17.3. The van der Waals surface area contributed by atoms with Crippen molar-refractivity contribution < 1.29 is 14.3 Å². The molecule has 1 fully saturated rings. The first-order valence-electron chi connectivity index (χ1n) is 9.53. The van der Waals surface area contributed by atoms with Gasteiger partial charge in [-0.15, -0.1) is 0 Å². The van der Waals surface area contributed by atoms with Gasteiger partial charge in [-0.25, -0.2) is 9.78 Å². The molecule has 152 valence electrons. The zero-order valence-electron chi connectivity index (χ0n) is 17.3. The SMILES string of the molecule is CC(NC(=O)OC(C)(C)C)C(=O)Nc1cn(C(C)(C)CN2CCCC2)cn1. The second-order valence-electron chi connectivity index (χ2n) is 8.82. The Morgan fingerprint density at radius 2 is 1.85 bits per heavy atom. The topological polar surface area (TPSA) is 88.5 Å². The number of imidazole rings is 1. The van der Waals surface area contributed by atoms with E-state index in [0.29, 0.717) is 5.82 Å². The van der Waals surface area contributed by atoms with Crippen LogP contribution in [0.4, 0.5) is 10.6 Å². The zero-order chi connectivity index (χ0) is 20.2. The van der Waals surface area contributed by atoms with Crippen LogP contribution in [-0.2, 0) is 15.1 Å². The van der Waals surface area contributed by atoms with E-state index in [1.807, 2.05) is 10.8 Å². The molecular formula is C19H33N5O3. The van der Waals surface area contributed by atoms with Crippen LogP contribution < -0.4 is 10.6 Å². The molecule has 2 rings (SSSR count). The fourth-order valence-corrected chi connectivity index (χ4v) is 3.07. The minimum atomic E-state index is -0.734. The molecular weight excluding hydrogens is 346 g/mol. The maximum absolute atomic E-state index is 12.3. The summed E-state index contributed by atoms with van der Waals surface area (Å²) in [6.07, 6.45) is 5.45. The normalized spacial score (nSPS) is 16.8. The number of hydrogen-bond donors (Lipinski definition) is 2. The van der Waals surface area contributed by atoms with E-state index in [0.717, 1.165) is 19.6 Å². The standard InChI is InChI=1S/C19H33N5O3/c1-14(21-17(26)27-18(2,3)4)16(25)22-15-11-24(13-20-15)19(5,6)12-23-9-7-8-10-23/h11,13-14H,7-10,12H2,1-6H3,(H,21,26)(H,22,25). The Kier molecular flexibility index (Phi) is 6.51. The van der Waals surface area contributed by atoms with Crippen LogP contribution in [0, 0.1) is 0 Å². The predicted octanol–water partition coefficient (Wildman–Crippen LogP) is 2.57. The number of aromatic nitrogens is 2. The Labute approximate surface area is 161 Å². The third kappa shape index (κ3) is 6.53. The molecule has 0 aromatic carbocycles. The highest BCUT2D eigenvalue weighted by Gasteiger charge is 2.26. The smallest absolute Gasteiger partial charge is 0.408 e. The molecule has 0 radical (unpaired) electrons. The van der Waals surface area contributed by atoms with E-state index >= 15 is 0 Å². The molecule has 2 heterocycles. The molecule has 8 heteroatoms. The van der Waals surface area contributed by atoms with Crippen LogP contribution in [0.2, 0.25) is 0 Å². The monoisotopic (exact) mass is 379 g/mol. The lowest BCUT2D eigenvalue weighted by atomic mass is 10.1. The van der Waals surface area contributed by atoms with E-state index in [1.54, 1.807) is 34.0 Å². The summed E-state index contributed by atoms with van der Waals surface area (Å²) in [4.78, 5) is 30.8. The fraction of sp³-hybridized carbons (Fsp3) is 0.737. The highest BCUT2D eigenvalue weighted by Crippen LogP contribution is 2.21. The second kappa shape index (κ2) is 8.29. The van der Waals surface area contributed by atoms with Crippen molar-refractivity contribution in [3.8, 4) is 0 Å². The van der Waals surface area contributed by atoms with Crippen molar-refractivity contribution in [3.63, 3.8) is 0 Å². The number of carbonyl (C=O) groups excluding carboxylic acids is 2. The summed E-state index contributed by atoms with van der Waals surface area (Å²) >= 11 is 0. The van der Waals surface area contributed by atoms with Crippen LogP contribution >= 0.6 is 0 Å². The molecule has 1 atom stereocenters. The number of ether oxygens (including phenoxy) is 1.